The van der Waals surface area contributed by atoms with Crippen molar-refractivity contribution in [2.24, 2.45) is 5.84 Å². The van der Waals surface area contributed by atoms with Gasteiger partial charge in [-0.3, -0.25) is 11.3 Å². The molecule has 0 bridgehead atoms. The molecule has 1 atom stereocenters. The van der Waals surface area contributed by atoms with Crippen LogP contribution in [0.25, 0.3) is 0 Å². The van der Waals surface area contributed by atoms with E-state index in [1.54, 1.807) is 18.2 Å². The van der Waals surface area contributed by atoms with Crippen molar-refractivity contribution in [1.82, 2.24) is 5.43 Å². The zero-order valence-electron chi connectivity index (χ0n) is 10.0. The maximum Gasteiger partial charge on any atom is 0.142 e. The van der Waals surface area contributed by atoms with Crippen molar-refractivity contribution in [3.8, 4) is 0 Å². The third kappa shape index (κ3) is 3.63. The Morgan fingerprint density at radius 1 is 1.16 bits per heavy atom. The van der Waals surface area contributed by atoms with Crippen LogP contribution in [0.3, 0.4) is 0 Å². The van der Waals surface area contributed by atoms with Gasteiger partial charge in [-0.25, -0.2) is 4.39 Å². The first-order valence-corrected chi connectivity index (χ1v) is 7.35. The molecule has 2 rings (SSSR count). The fraction of sp³-hybridized carbons (Fsp3) is 0.143. The highest BCUT2D eigenvalue weighted by Gasteiger charge is 2.16. The lowest BCUT2D eigenvalue weighted by Crippen LogP contribution is -2.30. The maximum absolute atomic E-state index is 14.1. The van der Waals surface area contributed by atoms with Gasteiger partial charge in [0.15, 0.2) is 0 Å². The minimum absolute atomic E-state index is 0.271. The van der Waals surface area contributed by atoms with Crippen molar-refractivity contribution in [3.05, 3.63) is 68.4 Å². The predicted octanol–water partition coefficient (Wildman–Crippen LogP) is 4.10. The zero-order chi connectivity index (χ0) is 13.8. The fourth-order valence-corrected chi connectivity index (χ4v) is 2.78. The van der Waals surface area contributed by atoms with Gasteiger partial charge in [0.2, 0.25) is 0 Å². The van der Waals surface area contributed by atoms with Crippen LogP contribution in [-0.4, -0.2) is 0 Å². The van der Waals surface area contributed by atoms with Crippen molar-refractivity contribution in [1.29, 1.82) is 0 Å². The lowest BCUT2D eigenvalue weighted by Gasteiger charge is -2.18. The molecule has 0 saturated carbocycles. The van der Waals surface area contributed by atoms with E-state index < -0.39 is 0 Å². The first-order valence-electron chi connectivity index (χ1n) is 5.76. The summed E-state index contributed by atoms with van der Waals surface area (Å²) in [6, 6.07) is 12.8. The molecule has 5 heteroatoms. The van der Waals surface area contributed by atoms with Gasteiger partial charge in [0.1, 0.15) is 5.82 Å². The Bertz CT molecular complexity index is 575. The number of hydrazine groups is 1. The largest absolute Gasteiger partial charge is 0.271 e. The topological polar surface area (TPSA) is 38.0 Å². The first kappa shape index (κ1) is 14.7. The molecule has 0 aliphatic heterocycles. The summed E-state index contributed by atoms with van der Waals surface area (Å²) in [7, 11) is 0. The Morgan fingerprint density at radius 3 is 2.58 bits per heavy atom. The van der Waals surface area contributed by atoms with Gasteiger partial charge >= 0.3 is 0 Å². The molecule has 19 heavy (non-hydrogen) atoms. The fourth-order valence-electron chi connectivity index (χ4n) is 1.95. The number of benzene rings is 2. The van der Waals surface area contributed by atoms with E-state index in [0.717, 1.165) is 10.0 Å². The molecule has 100 valence electrons. The summed E-state index contributed by atoms with van der Waals surface area (Å²) in [5, 5.41) is 0. The summed E-state index contributed by atoms with van der Waals surface area (Å²) in [4.78, 5) is 0. The Hall–Kier alpha value is -0.750. The van der Waals surface area contributed by atoms with Crippen molar-refractivity contribution in [2.45, 2.75) is 12.5 Å². The molecule has 1 unspecified atom stereocenters. The summed E-state index contributed by atoms with van der Waals surface area (Å²) in [5.41, 5.74) is 4.31. The number of hydrogen-bond donors (Lipinski definition) is 2. The van der Waals surface area contributed by atoms with Crippen LogP contribution >= 0.6 is 31.9 Å². The maximum atomic E-state index is 14.1. The Balaban J connectivity index is 2.28. The summed E-state index contributed by atoms with van der Waals surface area (Å²) in [6.45, 7) is 0. The molecular formula is C14H13Br2FN2. The number of rotatable bonds is 4. The Kier molecular flexibility index (Phi) is 5.10. The highest BCUT2D eigenvalue weighted by Crippen LogP contribution is 2.26. The SMILES string of the molecule is NNC(Cc1cccc(Br)c1)c1cccc(Br)c1F. The molecule has 2 aromatic rings. The quantitative estimate of drug-likeness (QED) is 0.612. The monoisotopic (exact) mass is 386 g/mol. The van der Waals surface area contributed by atoms with Crippen LogP contribution in [0.1, 0.15) is 17.2 Å². The van der Waals surface area contributed by atoms with Crippen molar-refractivity contribution >= 4 is 31.9 Å². The third-order valence-electron chi connectivity index (χ3n) is 2.89. The van der Waals surface area contributed by atoms with Gasteiger partial charge < -0.3 is 0 Å². The molecule has 0 aliphatic carbocycles. The molecule has 0 spiro atoms. The molecule has 0 aromatic heterocycles. The number of hydrogen-bond acceptors (Lipinski definition) is 2. The molecule has 0 saturated heterocycles. The number of nitrogens with one attached hydrogen (secondary N) is 1. The molecule has 0 amide bonds. The van der Waals surface area contributed by atoms with E-state index in [1.165, 1.54) is 0 Å². The van der Waals surface area contributed by atoms with Crippen LogP contribution in [0.15, 0.2) is 51.4 Å². The minimum Gasteiger partial charge on any atom is -0.271 e. The lowest BCUT2D eigenvalue weighted by molar-refractivity contribution is 0.508. The van der Waals surface area contributed by atoms with Gasteiger partial charge in [-0.2, -0.15) is 0 Å². The van der Waals surface area contributed by atoms with Crippen LogP contribution in [0.2, 0.25) is 0 Å². The van der Waals surface area contributed by atoms with Crippen molar-refractivity contribution in [3.63, 3.8) is 0 Å². The molecule has 0 aliphatic rings. The second kappa shape index (κ2) is 6.61. The van der Waals surface area contributed by atoms with Gasteiger partial charge in [-0.15, -0.1) is 0 Å². The van der Waals surface area contributed by atoms with E-state index in [0.29, 0.717) is 16.5 Å². The van der Waals surface area contributed by atoms with E-state index in [9.17, 15) is 4.39 Å². The van der Waals surface area contributed by atoms with Crippen LogP contribution in [0.5, 0.6) is 0 Å². The van der Waals surface area contributed by atoms with Gasteiger partial charge in [-0.05, 0) is 46.1 Å². The average Bonchev–Trinajstić information content (AvgIpc) is 2.40. The van der Waals surface area contributed by atoms with E-state index in [-0.39, 0.29) is 11.9 Å². The van der Waals surface area contributed by atoms with Gasteiger partial charge in [0.25, 0.3) is 0 Å². The van der Waals surface area contributed by atoms with Crippen molar-refractivity contribution < 1.29 is 4.39 Å². The van der Waals surface area contributed by atoms with Gasteiger partial charge in [-0.1, -0.05) is 40.2 Å². The first-order chi connectivity index (χ1) is 9.11. The predicted molar refractivity (Wildman–Crippen MR) is 82.0 cm³/mol. The van der Waals surface area contributed by atoms with E-state index in [2.05, 4.69) is 37.3 Å². The Labute approximate surface area is 128 Å². The van der Waals surface area contributed by atoms with Gasteiger partial charge in [0, 0.05) is 10.0 Å². The van der Waals surface area contributed by atoms with Crippen molar-refractivity contribution in [2.75, 3.05) is 0 Å². The summed E-state index contributed by atoms with van der Waals surface area (Å²) >= 11 is 6.61. The molecular weight excluding hydrogens is 375 g/mol. The average molecular weight is 388 g/mol. The van der Waals surface area contributed by atoms with Crippen LogP contribution < -0.4 is 11.3 Å². The Morgan fingerprint density at radius 2 is 1.89 bits per heavy atom. The van der Waals surface area contributed by atoms with E-state index in [1.807, 2.05) is 24.3 Å². The zero-order valence-corrected chi connectivity index (χ0v) is 13.2. The highest BCUT2D eigenvalue weighted by molar-refractivity contribution is 9.10. The molecule has 2 aromatic carbocycles. The standard InChI is InChI=1S/C14H13Br2FN2/c15-10-4-1-3-9(7-10)8-13(19-18)11-5-2-6-12(16)14(11)17/h1-7,13,19H,8,18H2. The normalized spacial score (nSPS) is 12.4. The number of halogens is 3. The molecule has 0 heterocycles. The van der Waals surface area contributed by atoms with Gasteiger partial charge in [0.05, 0.1) is 10.5 Å². The smallest absolute Gasteiger partial charge is 0.142 e. The van der Waals surface area contributed by atoms with Crippen LogP contribution in [0.4, 0.5) is 4.39 Å². The van der Waals surface area contributed by atoms with Crippen LogP contribution in [-0.2, 0) is 6.42 Å². The summed E-state index contributed by atoms with van der Waals surface area (Å²) < 4.78 is 15.5. The molecule has 0 fully saturated rings. The third-order valence-corrected chi connectivity index (χ3v) is 3.99. The molecule has 0 radical (unpaired) electrons. The molecule has 2 nitrogen and oxygen atoms in total. The molecule has 3 N–H and O–H groups in total. The second-order valence-corrected chi connectivity index (χ2v) is 5.97. The van der Waals surface area contributed by atoms with E-state index in [4.69, 9.17) is 5.84 Å². The van der Waals surface area contributed by atoms with E-state index >= 15 is 0 Å². The second-order valence-electron chi connectivity index (χ2n) is 4.20. The van der Waals surface area contributed by atoms with Crippen LogP contribution in [0, 0.1) is 5.82 Å². The summed E-state index contributed by atoms with van der Waals surface area (Å²) in [5.74, 6) is 5.29. The number of nitrogens with two attached hydrogens (primary N) is 1. The lowest BCUT2D eigenvalue weighted by atomic mass is 9.99. The minimum atomic E-state index is -0.277. The highest BCUT2D eigenvalue weighted by atomic mass is 79.9. The summed E-state index contributed by atoms with van der Waals surface area (Å²) in [6.07, 6.45) is 0.614.